The summed E-state index contributed by atoms with van der Waals surface area (Å²) in [6.45, 7) is 1.24. The number of carbonyl (C=O) groups is 2. The average Bonchev–Trinajstić information content (AvgIpc) is 2.56. The van der Waals surface area contributed by atoms with Crippen molar-refractivity contribution in [2.45, 2.75) is 44.4 Å². The van der Waals surface area contributed by atoms with Crippen LogP contribution in [0.2, 0.25) is 0 Å². The lowest BCUT2D eigenvalue weighted by molar-refractivity contribution is -0.139. The van der Waals surface area contributed by atoms with E-state index in [1.807, 2.05) is 11.0 Å². The van der Waals surface area contributed by atoms with E-state index in [2.05, 4.69) is 24.3 Å². The topological polar surface area (TPSA) is 37.4 Å². The Morgan fingerprint density at radius 3 is 2.38 bits per heavy atom. The molecule has 1 aromatic carbocycles. The maximum atomic E-state index is 12.9. The van der Waals surface area contributed by atoms with Gasteiger partial charge in [-0.25, -0.2) is 0 Å². The summed E-state index contributed by atoms with van der Waals surface area (Å²) < 4.78 is 0. The van der Waals surface area contributed by atoms with Gasteiger partial charge in [-0.2, -0.15) is 0 Å². The molecule has 2 fully saturated rings. The van der Waals surface area contributed by atoms with Gasteiger partial charge in [0.15, 0.2) is 0 Å². The van der Waals surface area contributed by atoms with Crippen molar-refractivity contribution >= 4 is 11.7 Å². The first kappa shape index (κ1) is 14.3. The molecule has 3 heteroatoms. The quantitative estimate of drug-likeness (QED) is 0.837. The molecule has 21 heavy (non-hydrogen) atoms. The molecule has 112 valence electrons. The fourth-order valence-electron chi connectivity index (χ4n) is 3.74. The lowest BCUT2D eigenvalue weighted by Crippen LogP contribution is -2.44. The van der Waals surface area contributed by atoms with Crippen molar-refractivity contribution in [3.8, 4) is 0 Å². The van der Waals surface area contributed by atoms with Crippen molar-refractivity contribution in [1.82, 2.24) is 4.90 Å². The number of rotatable bonds is 2. The number of nitrogens with zero attached hydrogens (tertiary/aromatic N) is 1. The van der Waals surface area contributed by atoms with Gasteiger partial charge >= 0.3 is 0 Å². The molecule has 2 atom stereocenters. The second-order valence-corrected chi connectivity index (χ2v) is 6.27. The molecular weight excluding hydrogens is 262 g/mol. The number of piperidine rings is 1. The summed E-state index contributed by atoms with van der Waals surface area (Å²) >= 11 is 0. The number of hydrogen-bond acceptors (Lipinski definition) is 2. The van der Waals surface area contributed by atoms with Crippen LogP contribution in [-0.4, -0.2) is 29.7 Å². The summed E-state index contributed by atoms with van der Waals surface area (Å²) in [7, 11) is 0. The number of Topliss-reactive ketones (excluding diaryl/α,β-unsaturated/α-hetero) is 1. The molecule has 1 aliphatic heterocycles. The average molecular weight is 285 g/mol. The number of amides is 1. The monoisotopic (exact) mass is 285 g/mol. The lowest BCUT2D eigenvalue weighted by atomic mass is 9.74. The van der Waals surface area contributed by atoms with Crippen LogP contribution < -0.4 is 0 Å². The lowest BCUT2D eigenvalue weighted by Gasteiger charge is -2.36. The van der Waals surface area contributed by atoms with Crippen molar-refractivity contribution in [3.05, 3.63) is 35.9 Å². The first-order valence-electron chi connectivity index (χ1n) is 8.11. The zero-order valence-electron chi connectivity index (χ0n) is 12.5. The van der Waals surface area contributed by atoms with Gasteiger partial charge in [0.2, 0.25) is 5.91 Å². The van der Waals surface area contributed by atoms with Gasteiger partial charge in [0, 0.05) is 31.8 Å². The van der Waals surface area contributed by atoms with Gasteiger partial charge in [-0.05, 0) is 24.3 Å². The highest BCUT2D eigenvalue weighted by molar-refractivity contribution is 5.85. The van der Waals surface area contributed by atoms with E-state index in [0.29, 0.717) is 37.6 Å². The number of carbonyl (C=O) groups excluding carboxylic acids is 2. The third-order valence-corrected chi connectivity index (χ3v) is 4.94. The second kappa shape index (κ2) is 6.42. The molecule has 1 saturated carbocycles. The van der Waals surface area contributed by atoms with E-state index in [1.54, 1.807) is 0 Å². The normalized spacial score (nSPS) is 26.7. The van der Waals surface area contributed by atoms with Gasteiger partial charge in [0.1, 0.15) is 5.78 Å². The Hall–Kier alpha value is -1.64. The first-order chi connectivity index (χ1) is 10.3. The van der Waals surface area contributed by atoms with Crippen LogP contribution in [0, 0.1) is 5.92 Å². The van der Waals surface area contributed by atoms with E-state index in [0.717, 1.165) is 19.3 Å². The Balaban J connectivity index is 1.75. The van der Waals surface area contributed by atoms with Crippen molar-refractivity contribution < 1.29 is 9.59 Å². The van der Waals surface area contributed by atoms with Crippen LogP contribution in [-0.2, 0) is 9.59 Å². The smallest absolute Gasteiger partial charge is 0.226 e. The van der Waals surface area contributed by atoms with Crippen LogP contribution in [0.25, 0.3) is 0 Å². The third kappa shape index (κ3) is 3.17. The molecule has 2 aliphatic rings. The van der Waals surface area contributed by atoms with E-state index in [4.69, 9.17) is 0 Å². The molecule has 1 aromatic rings. The first-order valence-corrected chi connectivity index (χ1v) is 8.11. The maximum absolute atomic E-state index is 12.9. The molecule has 1 saturated heterocycles. The van der Waals surface area contributed by atoms with Crippen LogP contribution in [0.15, 0.2) is 30.3 Å². The van der Waals surface area contributed by atoms with E-state index in [9.17, 15) is 9.59 Å². The van der Waals surface area contributed by atoms with E-state index in [1.165, 1.54) is 12.0 Å². The summed E-state index contributed by atoms with van der Waals surface area (Å²) in [6.07, 6.45) is 5.52. The Morgan fingerprint density at radius 1 is 1.00 bits per heavy atom. The number of hydrogen-bond donors (Lipinski definition) is 0. The minimum absolute atomic E-state index is 0.106. The molecule has 0 N–H and O–H groups in total. The molecule has 3 rings (SSSR count). The standard InChI is InChI=1S/C18H23NO2/c20-15-10-12-19(13-11-15)18(21)17-9-5-4-8-16(17)14-6-2-1-3-7-14/h1-3,6-7,16-17H,4-5,8-13H2. The summed E-state index contributed by atoms with van der Waals surface area (Å²) in [6, 6.07) is 10.4. The third-order valence-electron chi connectivity index (χ3n) is 4.94. The van der Waals surface area contributed by atoms with Crippen molar-refractivity contribution in [1.29, 1.82) is 0 Å². The summed E-state index contributed by atoms with van der Waals surface area (Å²) in [5.74, 6) is 1.03. The highest BCUT2D eigenvalue weighted by Crippen LogP contribution is 2.39. The number of ketones is 1. The molecular formula is C18H23NO2. The Kier molecular flexibility index (Phi) is 4.37. The van der Waals surface area contributed by atoms with E-state index >= 15 is 0 Å². The second-order valence-electron chi connectivity index (χ2n) is 6.27. The maximum Gasteiger partial charge on any atom is 0.226 e. The zero-order chi connectivity index (χ0) is 14.7. The highest BCUT2D eigenvalue weighted by atomic mass is 16.2. The van der Waals surface area contributed by atoms with Gasteiger partial charge in [-0.1, -0.05) is 43.2 Å². The van der Waals surface area contributed by atoms with Gasteiger partial charge in [-0.15, -0.1) is 0 Å². The molecule has 0 radical (unpaired) electrons. The van der Waals surface area contributed by atoms with Crippen LogP contribution >= 0.6 is 0 Å². The summed E-state index contributed by atoms with van der Waals surface area (Å²) in [5.41, 5.74) is 1.30. The van der Waals surface area contributed by atoms with Gasteiger partial charge in [0.05, 0.1) is 0 Å². The summed E-state index contributed by atoms with van der Waals surface area (Å²) in [5, 5.41) is 0. The predicted molar refractivity (Wildman–Crippen MR) is 82.0 cm³/mol. The molecule has 1 heterocycles. The number of benzene rings is 1. The molecule has 1 aliphatic carbocycles. The molecule has 2 unspecified atom stereocenters. The zero-order valence-corrected chi connectivity index (χ0v) is 12.5. The van der Waals surface area contributed by atoms with Gasteiger partial charge in [0.25, 0.3) is 0 Å². The van der Waals surface area contributed by atoms with Crippen molar-refractivity contribution in [3.63, 3.8) is 0 Å². The van der Waals surface area contributed by atoms with E-state index in [-0.39, 0.29) is 11.8 Å². The molecule has 0 bridgehead atoms. The Labute approximate surface area is 126 Å². The minimum Gasteiger partial charge on any atom is -0.342 e. The van der Waals surface area contributed by atoms with Crippen LogP contribution in [0.4, 0.5) is 0 Å². The van der Waals surface area contributed by atoms with Crippen LogP contribution in [0.5, 0.6) is 0 Å². The molecule has 1 amide bonds. The molecule has 0 spiro atoms. The Bertz CT molecular complexity index is 501. The van der Waals surface area contributed by atoms with Gasteiger partial charge < -0.3 is 4.90 Å². The van der Waals surface area contributed by atoms with Crippen LogP contribution in [0.1, 0.15) is 50.0 Å². The van der Waals surface area contributed by atoms with Crippen LogP contribution in [0.3, 0.4) is 0 Å². The molecule has 0 aromatic heterocycles. The van der Waals surface area contributed by atoms with Gasteiger partial charge in [-0.3, -0.25) is 9.59 Å². The largest absolute Gasteiger partial charge is 0.342 e. The van der Waals surface area contributed by atoms with Crippen molar-refractivity contribution in [2.24, 2.45) is 5.92 Å². The highest BCUT2D eigenvalue weighted by Gasteiger charge is 2.35. The fraction of sp³-hybridized carbons (Fsp3) is 0.556. The summed E-state index contributed by atoms with van der Waals surface area (Å²) in [4.78, 5) is 26.1. The predicted octanol–water partition coefficient (Wildman–Crippen LogP) is 3.15. The SMILES string of the molecule is O=C1CCN(C(=O)C2CCCCC2c2ccccc2)CC1. The van der Waals surface area contributed by atoms with E-state index < -0.39 is 0 Å². The number of likely N-dealkylation sites (tertiary alicyclic amines) is 1. The molecule has 3 nitrogen and oxygen atoms in total. The minimum atomic E-state index is 0.106. The fourth-order valence-corrected chi connectivity index (χ4v) is 3.74. The Morgan fingerprint density at radius 2 is 1.67 bits per heavy atom. The van der Waals surface area contributed by atoms with Crippen molar-refractivity contribution in [2.75, 3.05) is 13.1 Å².